The number of hydrogen-bond donors (Lipinski definition) is 2. The van der Waals surface area contributed by atoms with E-state index in [1.807, 2.05) is 36.4 Å². The summed E-state index contributed by atoms with van der Waals surface area (Å²) >= 11 is 6.07. The van der Waals surface area contributed by atoms with E-state index in [2.05, 4.69) is 17.2 Å². The van der Waals surface area contributed by atoms with Crippen LogP contribution in [0, 0.1) is 0 Å². The van der Waals surface area contributed by atoms with Crippen molar-refractivity contribution in [2.24, 2.45) is 4.99 Å². The molecule has 1 atom stereocenters. The zero-order valence-corrected chi connectivity index (χ0v) is 13.0. The molecule has 2 aromatic rings. The van der Waals surface area contributed by atoms with E-state index in [9.17, 15) is 5.11 Å². The van der Waals surface area contributed by atoms with Crippen molar-refractivity contribution in [3.05, 3.63) is 70.8 Å². The molecular weight excluding hydrogens is 296 g/mol. The second-order valence-electron chi connectivity index (χ2n) is 5.36. The predicted molar refractivity (Wildman–Crippen MR) is 91.5 cm³/mol. The van der Waals surface area contributed by atoms with Crippen LogP contribution < -0.4 is 5.32 Å². The van der Waals surface area contributed by atoms with Crippen molar-refractivity contribution in [2.75, 3.05) is 6.54 Å². The van der Waals surface area contributed by atoms with Crippen molar-refractivity contribution in [3.8, 4) is 5.75 Å². The summed E-state index contributed by atoms with van der Waals surface area (Å²) in [5, 5.41) is 14.1. The molecule has 4 heteroatoms. The van der Waals surface area contributed by atoms with E-state index in [4.69, 9.17) is 11.6 Å². The maximum atomic E-state index is 10.1. The lowest BCUT2D eigenvalue weighted by Crippen LogP contribution is -2.26. The Balaban J connectivity index is 2.07. The fourth-order valence-electron chi connectivity index (χ4n) is 2.43. The number of benzene rings is 2. The highest BCUT2D eigenvalue weighted by atomic mass is 35.5. The summed E-state index contributed by atoms with van der Waals surface area (Å²) in [6.45, 7) is 2.73. The number of phenolic OH excluding ortho intramolecular Hbond substituents is 1. The molecule has 22 heavy (non-hydrogen) atoms. The van der Waals surface area contributed by atoms with Crippen LogP contribution in [0.3, 0.4) is 0 Å². The van der Waals surface area contributed by atoms with Crippen molar-refractivity contribution >= 4 is 23.0 Å². The molecule has 1 aliphatic rings. The molecule has 2 aromatic carbocycles. The molecule has 2 N–H and O–H groups in total. The van der Waals surface area contributed by atoms with Crippen LogP contribution in [0.1, 0.15) is 18.1 Å². The van der Waals surface area contributed by atoms with Crippen LogP contribution in [0.5, 0.6) is 5.75 Å². The molecule has 0 saturated carbocycles. The molecule has 0 aliphatic carbocycles. The number of halogens is 1. The molecule has 0 saturated heterocycles. The van der Waals surface area contributed by atoms with Crippen LogP contribution in [0.25, 0.3) is 5.70 Å². The minimum absolute atomic E-state index is 0.172. The smallest absolute Gasteiger partial charge is 0.124 e. The monoisotopic (exact) mass is 312 g/mol. The van der Waals surface area contributed by atoms with Crippen LogP contribution in [0.2, 0.25) is 5.02 Å². The first-order chi connectivity index (χ1) is 10.6. The van der Waals surface area contributed by atoms with E-state index in [1.165, 1.54) is 0 Å². The van der Waals surface area contributed by atoms with E-state index in [-0.39, 0.29) is 11.8 Å². The standard InChI is InChI=1S/C18H17ClN2O/c1-12-11-20-16(13-5-3-2-4-6-13)10-17(21-12)15-9-14(19)7-8-18(15)22/h2-10,12,21-22H,11H2,1H3/t12-/m1/s1. The van der Waals surface area contributed by atoms with Gasteiger partial charge in [-0.25, -0.2) is 0 Å². The van der Waals surface area contributed by atoms with E-state index in [0.717, 1.165) is 17.0 Å². The fraction of sp³-hybridized carbons (Fsp3) is 0.167. The molecule has 0 aromatic heterocycles. The summed E-state index contributed by atoms with van der Waals surface area (Å²) in [6, 6.07) is 15.2. The Labute approximate surface area is 135 Å². The quantitative estimate of drug-likeness (QED) is 0.884. The van der Waals surface area contributed by atoms with Gasteiger partial charge in [0.15, 0.2) is 0 Å². The van der Waals surface area contributed by atoms with Crippen LogP contribution in [-0.4, -0.2) is 23.4 Å². The zero-order valence-electron chi connectivity index (χ0n) is 12.3. The third-order valence-electron chi connectivity index (χ3n) is 3.54. The lowest BCUT2D eigenvalue weighted by atomic mass is 10.1. The minimum atomic E-state index is 0.172. The average molecular weight is 313 g/mol. The van der Waals surface area contributed by atoms with Crippen molar-refractivity contribution < 1.29 is 5.11 Å². The van der Waals surface area contributed by atoms with E-state index in [1.54, 1.807) is 18.2 Å². The van der Waals surface area contributed by atoms with Crippen LogP contribution in [-0.2, 0) is 0 Å². The summed E-state index contributed by atoms with van der Waals surface area (Å²) in [4.78, 5) is 4.67. The molecule has 0 fully saturated rings. The SMILES string of the molecule is C[C@@H]1CN=C(c2ccccc2)C=C(c2cc(Cl)ccc2O)N1. The summed E-state index contributed by atoms with van der Waals surface area (Å²) in [7, 11) is 0. The molecular formula is C18H17ClN2O. The highest BCUT2D eigenvalue weighted by Gasteiger charge is 2.15. The van der Waals surface area contributed by atoms with Gasteiger partial charge in [0.1, 0.15) is 5.75 Å². The van der Waals surface area contributed by atoms with Gasteiger partial charge in [-0.15, -0.1) is 0 Å². The van der Waals surface area contributed by atoms with E-state index < -0.39 is 0 Å². The average Bonchev–Trinajstić information content (AvgIpc) is 2.72. The molecule has 3 nitrogen and oxygen atoms in total. The highest BCUT2D eigenvalue weighted by molar-refractivity contribution is 6.30. The highest BCUT2D eigenvalue weighted by Crippen LogP contribution is 2.28. The van der Waals surface area contributed by atoms with Gasteiger partial charge >= 0.3 is 0 Å². The maximum Gasteiger partial charge on any atom is 0.124 e. The third-order valence-corrected chi connectivity index (χ3v) is 3.77. The molecule has 1 heterocycles. The van der Waals surface area contributed by atoms with Crippen molar-refractivity contribution in [1.29, 1.82) is 0 Å². The van der Waals surface area contributed by atoms with Gasteiger partial charge in [-0.1, -0.05) is 41.9 Å². The predicted octanol–water partition coefficient (Wildman–Crippen LogP) is 3.87. The van der Waals surface area contributed by atoms with Gasteiger partial charge in [-0.05, 0) is 36.8 Å². The number of nitrogens with zero attached hydrogens (tertiary/aromatic N) is 1. The van der Waals surface area contributed by atoms with Gasteiger partial charge < -0.3 is 10.4 Å². The lowest BCUT2D eigenvalue weighted by molar-refractivity contribution is 0.472. The molecule has 0 amide bonds. The van der Waals surface area contributed by atoms with Crippen LogP contribution in [0.4, 0.5) is 0 Å². The second kappa shape index (κ2) is 6.24. The Hall–Kier alpha value is -2.26. The third kappa shape index (κ3) is 3.15. The largest absolute Gasteiger partial charge is 0.507 e. The minimum Gasteiger partial charge on any atom is -0.507 e. The Bertz CT molecular complexity index is 738. The Morgan fingerprint density at radius 1 is 1.18 bits per heavy atom. The van der Waals surface area contributed by atoms with Gasteiger partial charge in [0.05, 0.1) is 12.3 Å². The van der Waals surface area contributed by atoms with Gasteiger partial charge in [0.25, 0.3) is 0 Å². The first-order valence-corrected chi connectivity index (χ1v) is 7.58. The first-order valence-electron chi connectivity index (χ1n) is 7.20. The van der Waals surface area contributed by atoms with E-state index in [0.29, 0.717) is 17.1 Å². The maximum absolute atomic E-state index is 10.1. The van der Waals surface area contributed by atoms with Gasteiger partial charge in [0.2, 0.25) is 0 Å². The van der Waals surface area contributed by atoms with Gasteiger partial charge in [-0.3, -0.25) is 4.99 Å². The van der Waals surface area contributed by atoms with Gasteiger partial charge in [0, 0.05) is 22.3 Å². The number of rotatable bonds is 2. The normalized spacial score (nSPS) is 18.0. The summed E-state index contributed by atoms with van der Waals surface area (Å²) < 4.78 is 0. The zero-order chi connectivity index (χ0) is 15.5. The summed E-state index contributed by atoms with van der Waals surface area (Å²) in [6.07, 6.45) is 1.96. The molecule has 0 bridgehead atoms. The number of nitrogens with one attached hydrogen (secondary N) is 1. The van der Waals surface area contributed by atoms with Crippen molar-refractivity contribution in [1.82, 2.24) is 5.32 Å². The Kier molecular flexibility index (Phi) is 4.16. The first kappa shape index (κ1) is 14.7. The number of phenols is 1. The Morgan fingerprint density at radius 3 is 2.73 bits per heavy atom. The summed E-state index contributed by atoms with van der Waals surface area (Å²) in [5.41, 5.74) is 3.46. The number of aliphatic imine (C=N–C) groups is 1. The number of aromatic hydroxyl groups is 1. The molecule has 0 unspecified atom stereocenters. The van der Waals surface area contributed by atoms with Crippen LogP contribution >= 0.6 is 11.6 Å². The molecule has 1 aliphatic heterocycles. The van der Waals surface area contributed by atoms with E-state index >= 15 is 0 Å². The number of allylic oxidation sites excluding steroid dienone is 1. The molecule has 112 valence electrons. The molecule has 0 spiro atoms. The van der Waals surface area contributed by atoms with Crippen molar-refractivity contribution in [2.45, 2.75) is 13.0 Å². The van der Waals surface area contributed by atoms with Crippen LogP contribution in [0.15, 0.2) is 59.6 Å². The molecule has 0 radical (unpaired) electrons. The van der Waals surface area contributed by atoms with Crippen molar-refractivity contribution in [3.63, 3.8) is 0 Å². The van der Waals surface area contributed by atoms with Gasteiger partial charge in [-0.2, -0.15) is 0 Å². The Morgan fingerprint density at radius 2 is 1.95 bits per heavy atom. The summed E-state index contributed by atoms with van der Waals surface area (Å²) in [5.74, 6) is 0.199. The second-order valence-corrected chi connectivity index (χ2v) is 5.79. The fourth-order valence-corrected chi connectivity index (χ4v) is 2.61. The lowest BCUT2D eigenvalue weighted by Gasteiger charge is -2.15. The number of hydrogen-bond acceptors (Lipinski definition) is 3. The topological polar surface area (TPSA) is 44.6 Å². The molecule has 3 rings (SSSR count).